The summed E-state index contributed by atoms with van der Waals surface area (Å²) in [4.78, 5) is 0. The predicted molar refractivity (Wildman–Crippen MR) is 69.4 cm³/mol. The second-order valence-electron chi connectivity index (χ2n) is 4.83. The highest BCUT2D eigenvalue weighted by atomic mass is 16.5. The molecule has 1 fully saturated rings. The van der Waals surface area contributed by atoms with Crippen LogP contribution in [-0.4, -0.2) is 44.2 Å². The quantitative estimate of drug-likeness (QED) is 0.795. The van der Waals surface area contributed by atoms with E-state index in [9.17, 15) is 5.11 Å². The number of nitrogens with one attached hydrogen (secondary N) is 1. The molecule has 0 amide bonds. The van der Waals surface area contributed by atoms with E-state index in [0.29, 0.717) is 32.8 Å². The third kappa shape index (κ3) is 3.53. The van der Waals surface area contributed by atoms with Gasteiger partial charge in [0.15, 0.2) is 0 Å². The molecule has 100 valence electrons. The van der Waals surface area contributed by atoms with Crippen molar-refractivity contribution >= 4 is 0 Å². The van der Waals surface area contributed by atoms with Crippen molar-refractivity contribution in [1.82, 2.24) is 5.32 Å². The molecular formula is C14H21NO3. The van der Waals surface area contributed by atoms with Gasteiger partial charge in [0.2, 0.25) is 0 Å². The van der Waals surface area contributed by atoms with E-state index in [4.69, 9.17) is 9.47 Å². The second kappa shape index (κ2) is 6.29. The minimum atomic E-state index is -0.735. The van der Waals surface area contributed by atoms with Crippen LogP contribution in [0.3, 0.4) is 0 Å². The van der Waals surface area contributed by atoms with Gasteiger partial charge in [0.25, 0.3) is 0 Å². The van der Waals surface area contributed by atoms with E-state index in [0.717, 1.165) is 0 Å². The van der Waals surface area contributed by atoms with Gasteiger partial charge in [0.05, 0.1) is 19.3 Å². The topological polar surface area (TPSA) is 50.7 Å². The molecule has 2 atom stereocenters. The Morgan fingerprint density at radius 2 is 2.22 bits per heavy atom. The van der Waals surface area contributed by atoms with Crippen molar-refractivity contribution in [3.05, 3.63) is 35.9 Å². The van der Waals surface area contributed by atoms with E-state index >= 15 is 0 Å². The molecular weight excluding hydrogens is 230 g/mol. The van der Waals surface area contributed by atoms with Crippen LogP contribution in [0, 0.1) is 0 Å². The zero-order chi connectivity index (χ0) is 12.8. The smallest absolute Gasteiger partial charge is 0.103 e. The third-order valence-electron chi connectivity index (χ3n) is 3.30. The lowest BCUT2D eigenvalue weighted by Gasteiger charge is -2.25. The van der Waals surface area contributed by atoms with Crippen LogP contribution in [0.25, 0.3) is 0 Å². The Morgan fingerprint density at radius 3 is 2.83 bits per heavy atom. The van der Waals surface area contributed by atoms with E-state index in [-0.39, 0.29) is 6.04 Å². The van der Waals surface area contributed by atoms with Crippen LogP contribution in [0.5, 0.6) is 0 Å². The molecule has 0 aliphatic carbocycles. The van der Waals surface area contributed by atoms with E-state index in [1.165, 1.54) is 5.56 Å². The molecule has 0 spiro atoms. The summed E-state index contributed by atoms with van der Waals surface area (Å²) in [6, 6.07) is 10.2. The van der Waals surface area contributed by atoms with Gasteiger partial charge in [-0.2, -0.15) is 0 Å². The van der Waals surface area contributed by atoms with Crippen molar-refractivity contribution in [2.24, 2.45) is 0 Å². The van der Waals surface area contributed by atoms with Crippen molar-refractivity contribution in [2.45, 2.75) is 18.1 Å². The van der Waals surface area contributed by atoms with Crippen LogP contribution in [0.4, 0.5) is 0 Å². The van der Waals surface area contributed by atoms with Crippen LogP contribution < -0.4 is 5.32 Å². The van der Waals surface area contributed by atoms with Crippen LogP contribution >= 0.6 is 0 Å². The fraction of sp³-hybridized carbons (Fsp3) is 0.571. The molecule has 1 aliphatic heterocycles. The van der Waals surface area contributed by atoms with Gasteiger partial charge in [-0.3, -0.25) is 0 Å². The lowest BCUT2D eigenvalue weighted by atomic mass is 10.0. The Balaban J connectivity index is 1.94. The maximum Gasteiger partial charge on any atom is 0.103 e. The first-order valence-electron chi connectivity index (χ1n) is 6.31. The highest BCUT2D eigenvalue weighted by Crippen LogP contribution is 2.19. The molecule has 0 bridgehead atoms. The molecule has 1 saturated heterocycles. The summed E-state index contributed by atoms with van der Waals surface area (Å²) in [5.74, 6) is 0. The summed E-state index contributed by atoms with van der Waals surface area (Å²) < 4.78 is 10.5. The molecule has 1 aliphatic rings. The van der Waals surface area contributed by atoms with Gasteiger partial charge in [-0.25, -0.2) is 0 Å². The molecule has 1 heterocycles. The van der Waals surface area contributed by atoms with Gasteiger partial charge in [-0.05, 0) is 5.56 Å². The maximum atomic E-state index is 10.2. The molecule has 4 heteroatoms. The number of methoxy groups -OCH3 is 1. The number of rotatable bonds is 6. The summed E-state index contributed by atoms with van der Waals surface area (Å²) in [6.07, 6.45) is 0.689. The van der Waals surface area contributed by atoms with E-state index in [1.54, 1.807) is 7.11 Å². The third-order valence-corrected chi connectivity index (χ3v) is 3.30. The van der Waals surface area contributed by atoms with Crippen molar-refractivity contribution < 1.29 is 14.6 Å². The van der Waals surface area contributed by atoms with Crippen molar-refractivity contribution in [1.29, 1.82) is 0 Å². The van der Waals surface area contributed by atoms with E-state index < -0.39 is 5.60 Å². The lowest BCUT2D eigenvalue weighted by Crippen LogP contribution is -2.43. The molecule has 0 saturated carbocycles. The molecule has 0 radical (unpaired) electrons. The average Bonchev–Trinajstić information content (AvgIpc) is 2.83. The first kappa shape index (κ1) is 13.5. The van der Waals surface area contributed by atoms with Crippen LogP contribution in [0.15, 0.2) is 30.3 Å². The summed E-state index contributed by atoms with van der Waals surface area (Å²) >= 11 is 0. The minimum absolute atomic E-state index is 0.0980. The zero-order valence-electron chi connectivity index (χ0n) is 10.8. The van der Waals surface area contributed by atoms with Gasteiger partial charge in [0, 0.05) is 26.7 Å². The normalized spacial score (nSPS) is 25.2. The standard InChI is InChI=1S/C14H21NO3/c1-17-9-13(12-5-3-2-4-6-12)15-10-14(16)7-8-18-11-14/h2-6,13,15-16H,7-11H2,1H3. The first-order valence-corrected chi connectivity index (χ1v) is 6.31. The van der Waals surface area contributed by atoms with Crippen molar-refractivity contribution in [3.8, 4) is 0 Å². The number of hydrogen-bond acceptors (Lipinski definition) is 4. The highest BCUT2D eigenvalue weighted by Gasteiger charge is 2.32. The molecule has 1 aromatic carbocycles. The molecule has 2 N–H and O–H groups in total. The molecule has 1 aromatic rings. The summed E-state index contributed by atoms with van der Waals surface area (Å²) in [5.41, 5.74) is 0.433. The predicted octanol–water partition coefficient (Wildman–Crippen LogP) is 1.12. The number of hydrogen-bond donors (Lipinski definition) is 2. The van der Waals surface area contributed by atoms with Gasteiger partial charge >= 0.3 is 0 Å². The van der Waals surface area contributed by atoms with Gasteiger partial charge < -0.3 is 19.9 Å². The zero-order valence-corrected chi connectivity index (χ0v) is 10.8. The van der Waals surface area contributed by atoms with Gasteiger partial charge in [0.1, 0.15) is 5.60 Å². The highest BCUT2D eigenvalue weighted by molar-refractivity contribution is 5.19. The largest absolute Gasteiger partial charge is 0.386 e. The second-order valence-corrected chi connectivity index (χ2v) is 4.83. The Hall–Kier alpha value is -0.940. The molecule has 2 unspecified atom stereocenters. The molecule has 18 heavy (non-hydrogen) atoms. The van der Waals surface area contributed by atoms with E-state index in [2.05, 4.69) is 17.4 Å². The Labute approximate surface area is 108 Å². The molecule has 0 aromatic heterocycles. The minimum Gasteiger partial charge on any atom is -0.386 e. The lowest BCUT2D eigenvalue weighted by molar-refractivity contribution is 0.0218. The number of ether oxygens (including phenoxy) is 2. The van der Waals surface area contributed by atoms with Crippen LogP contribution in [-0.2, 0) is 9.47 Å². The monoisotopic (exact) mass is 251 g/mol. The number of aliphatic hydroxyl groups is 1. The van der Waals surface area contributed by atoms with Crippen LogP contribution in [0.1, 0.15) is 18.0 Å². The van der Waals surface area contributed by atoms with Crippen LogP contribution in [0.2, 0.25) is 0 Å². The Kier molecular flexibility index (Phi) is 4.72. The maximum absolute atomic E-state index is 10.2. The summed E-state index contributed by atoms with van der Waals surface area (Å²) in [5, 5.41) is 13.6. The first-order chi connectivity index (χ1) is 8.73. The Bertz CT molecular complexity index is 349. The summed E-state index contributed by atoms with van der Waals surface area (Å²) in [6.45, 7) is 2.16. The molecule has 4 nitrogen and oxygen atoms in total. The van der Waals surface area contributed by atoms with E-state index in [1.807, 2.05) is 18.2 Å². The van der Waals surface area contributed by atoms with Crippen molar-refractivity contribution in [2.75, 3.05) is 33.5 Å². The van der Waals surface area contributed by atoms with Gasteiger partial charge in [-0.1, -0.05) is 30.3 Å². The molecule has 2 rings (SSSR count). The summed E-state index contributed by atoms with van der Waals surface area (Å²) in [7, 11) is 1.69. The fourth-order valence-corrected chi connectivity index (χ4v) is 2.17. The van der Waals surface area contributed by atoms with Gasteiger partial charge in [-0.15, -0.1) is 0 Å². The van der Waals surface area contributed by atoms with Crippen molar-refractivity contribution in [3.63, 3.8) is 0 Å². The SMILES string of the molecule is COCC(NCC1(O)CCOC1)c1ccccc1. The Morgan fingerprint density at radius 1 is 1.44 bits per heavy atom. The average molecular weight is 251 g/mol. The fourth-order valence-electron chi connectivity index (χ4n) is 2.17. The number of benzene rings is 1.